The first-order valence-electron chi connectivity index (χ1n) is 7.84. The van der Waals surface area contributed by atoms with E-state index in [-0.39, 0.29) is 0 Å². The van der Waals surface area contributed by atoms with Crippen molar-refractivity contribution in [2.45, 2.75) is 17.8 Å². The van der Waals surface area contributed by atoms with Crippen LogP contribution in [0.4, 0.5) is 0 Å². The van der Waals surface area contributed by atoms with Gasteiger partial charge in [-0.2, -0.15) is 14.8 Å². The second kappa shape index (κ2) is 6.96. The van der Waals surface area contributed by atoms with E-state index in [1.807, 2.05) is 43.3 Å². The maximum Gasteiger partial charge on any atom is 0.257 e. The van der Waals surface area contributed by atoms with Crippen LogP contribution in [0.3, 0.4) is 0 Å². The van der Waals surface area contributed by atoms with Gasteiger partial charge in [-0.05, 0) is 31.2 Å². The number of aryl methyl sites for hydroxylation is 1. The number of aromatic nitrogens is 6. The minimum atomic E-state index is 0.473. The van der Waals surface area contributed by atoms with Gasteiger partial charge in [-0.3, -0.25) is 4.98 Å². The molecule has 0 unspecified atom stereocenters. The second-order valence-electron chi connectivity index (χ2n) is 5.57. The molecule has 4 rings (SSSR count). The average Bonchev–Trinajstić information content (AvgIpc) is 3.27. The quantitative estimate of drug-likeness (QED) is 0.425. The third-order valence-electron chi connectivity index (χ3n) is 3.60. The van der Waals surface area contributed by atoms with E-state index in [4.69, 9.17) is 10.4 Å². The van der Waals surface area contributed by atoms with Gasteiger partial charge in [0.05, 0.1) is 5.75 Å². The summed E-state index contributed by atoms with van der Waals surface area (Å²) in [6.07, 6.45) is 3.37. The molecule has 2 N–H and O–H groups in total. The molecule has 0 aliphatic rings. The summed E-state index contributed by atoms with van der Waals surface area (Å²) >= 11 is 1.39. The van der Waals surface area contributed by atoms with Crippen LogP contribution in [0.1, 0.15) is 11.4 Å². The van der Waals surface area contributed by atoms with Crippen molar-refractivity contribution in [1.82, 2.24) is 30.0 Å². The van der Waals surface area contributed by atoms with Gasteiger partial charge in [-0.25, -0.2) is 0 Å². The molecule has 0 saturated carbocycles. The lowest BCUT2D eigenvalue weighted by molar-refractivity contribution is 0.425. The number of hydrogen-bond donors (Lipinski definition) is 1. The summed E-state index contributed by atoms with van der Waals surface area (Å²) in [5, 5.41) is 8.81. The molecular weight excluding hydrogens is 350 g/mol. The van der Waals surface area contributed by atoms with Crippen molar-refractivity contribution in [3.05, 3.63) is 60.2 Å². The van der Waals surface area contributed by atoms with Gasteiger partial charge >= 0.3 is 0 Å². The Bertz CT molecular complexity index is 1030. The molecular formula is C17H15N7OS. The van der Waals surface area contributed by atoms with Gasteiger partial charge in [0.25, 0.3) is 5.89 Å². The van der Waals surface area contributed by atoms with E-state index in [1.54, 1.807) is 12.4 Å². The van der Waals surface area contributed by atoms with E-state index in [2.05, 4.69) is 25.2 Å². The summed E-state index contributed by atoms with van der Waals surface area (Å²) in [5.74, 6) is 7.98. The third kappa shape index (κ3) is 3.42. The number of hydrogen-bond acceptors (Lipinski definition) is 8. The van der Waals surface area contributed by atoms with Gasteiger partial charge in [0, 0.05) is 23.5 Å². The van der Waals surface area contributed by atoms with Crippen LogP contribution < -0.4 is 5.84 Å². The van der Waals surface area contributed by atoms with Gasteiger partial charge in [0.1, 0.15) is 0 Å². The first-order valence-corrected chi connectivity index (χ1v) is 8.82. The van der Waals surface area contributed by atoms with Crippen LogP contribution in [0, 0.1) is 6.92 Å². The largest absolute Gasteiger partial charge is 0.334 e. The first-order chi connectivity index (χ1) is 12.7. The molecule has 0 radical (unpaired) electrons. The maximum atomic E-state index is 5.90. The zero-order chi connectivity index (χ0) is 17.9. The summed E-state index contributed by atoms with van der Waals surface area (Å²) < 4.78 is 5.34. The van der Waals surface area contributed by atoms with Gasteiger partial charge in [0.15, 0.2) is 11.6 Å². The number of pyridine rings is 1. The number of benzene rings is 1. The summed E-state index contributed by atoms with van der Waals surface area (Å²) in [6.45, 7) is 2.02. The monoisotopic (exact) mass is 365 g/mol. The predicted octanol–water partition coefficient (Wildman–Crippen LogP) is 2.70. The lowest BCUT2D eigenvalue weighted by Gasteiger charge is -1.96. The Balaban J connectivity index is 1.47. The molecule has 4 aromatic rings. The van der Waals surface area contributed by atoms with Crippen LogP contribution in [-0.2, 0) is 5.75 Å². The van der Waals surface area contributed by atoms with Crippen molar-refractivity contribution in [3.63, 3.8) is 0 Å². The summed E-state index contributed by atoms with van der Waals surface area (Å²) in [6, 6.07) is 11.6. The van der Waals surface area contributed by atoms with Crippen molar-refractivity contribution in [2.24, 2.45) is 0 Å². The molecule has 1 aromatic carbocycles. The first kappa shape index (κ1) is 16.3. The molecule has 26 heavy (non-hydrogen) atoms. The lowest BCUT2D eigenvalue weighted by atomic mass is 10.1. The Kier molecular flexibility index (Phi) is 4.36. The Labute approximate surface area is 153 Å². The standard InChI is InChI=1S/C17H15N7OS/c1-11-3-2-4-13(9-11)16-20-14(23-25-16)10-26-17-21-15(22-24(17)18)12-5-7-19-8-6-12/h2-9H,10,18H2,1H3. The van der Waals surface area contributed by atoms with Crippen LogP contribution in [0.15, 0.2) is 58.5 Å². The molecule has 0 bridgehead atoms. The van der Waals surface area contributed by atoms with E-state index in [9.17, 15) is 0 Å². The average molecular weight is 365 g/mol. The summed E-state index contributed by atoms with van der Waals surface area (Å²) in [4.78, 5) is 14.1. The lowest BCUT2D eigenvalue weighted by Crippen LogP contribution is -2.11. The van der Waals surface area contributed by atoms with Crippen LogP contribution in [-0.4, -0.2) is 30.0 Å². The smallest absolute Gasteiger partial charge is 0.257 e. The van der Waals surface area contributed by atoms with E-state index >= 15 is 0 Å². The van der Waals surface area contributed by atoms with Crippen LogP contribution in [0.5, 0.6) is 0 Å². The number of nitrogens with zero attached hydrogens (tertiary/aromatic N) is 6. The number of thioether (sulfide) groups is 1. The normalized spacial score (nSPS) is 11.0. The van der Waals surface area contributed by atoms with E-state index in [0.717, 1.165) is 16.7 Å². The van der Waals surface area contributed by atoms with Gasteiger partial charge in [0.2, 0.25) is 5.16 Å². The predicted molar refractivity (Wildman–Crippen MR) is 97.4 cm³/mol. The fourth-order valence-corrected chi connectivity index (χ4v) is 3.07. The van der Waals surface area contributed by atoms with Crippen LogP contribution in [0.25, 0.3) is 22.8 Å². The van der Waals surface area contributed by atoms with Crippen molar-refractivity contribution >= 4 is 11.8 Å². The Morgan fingerprint density at radius 2 is 1.96 bits per heavy atom. The zero-order valence-corrected chi connectivity index (χ0v) is 14.7. The molecule has 3 heterocycles. The topological polar surface area (TPSA) is 109 Å². The molecule has 9 heteroatoms. The molecule has 0 aliphatic heterocycles. The SMILES string of the molecule is Cc1cccc(-c2nc(CSc3nc(-c4ccncc4)nn3N)no2)c1. The Hall–Kier alpha value is -3.20. The molecule has 3 aromatic heterocycles. The summed E-state index contributed by atoms with van der Waals surface area (Å²) in [5.41, 5.74) is 2.89. The molecule has 130 valence electrons. The Morgan fingerprint density at radius 1 is 1.12 bits per heavy atom. The highest BCUT2D eigenvalue weighted by Gasteiger charge is 2.14. The minimum Gasteiger partial charge on any atom is -0.334 e. The molecule has 8 nitrogen and oxygen atoms in total. The van der Waals surface area contributed by atoms with Gasteiger partial charge in [-0.1, -0.05) is 34.6 Å². The highest BCUT2D eigenvalue weighted by atomic mass is 32.2. The van der Waals surface area contributed by atoms with Crippen molar-refractivity contribution in [1.29, 1.82) is 0 Å². The number of rotatable bonds is 5. The van der Waals surface area contributed by atoms with Crippen molar-refractivity contribution in [3.8, 4) is 22.8 Å². The van der Waals surface area contributed by atoms with E-state index < -0.39 is 0 Å². The van der Waals surface area contributed by atoms with E-state index in [1.165, 1.54) is 16.6 Å². The van der Waals surface area contributed by atoms with Gasteiger partial charge < -0.3 is 10.4 Å². The highest BCUT2D eigenvalue weighted by molar-refractivity contribution is 7.98. The third-order valence-corrected chi connectivity index (χ3v) is 4.54. The van der Waals surface area contributed by atoms with Crippen LogP contribution >= 0.6 is 11.8 Å². The molecule has 0 aliphatic carbocycles. The molecule has 0 atom stereocenters. The fourth-order valence-electron chi connectivity index (χ4n) is 2.37. The number of nitrogen functional groups attached to an aromatic ring is 1. The second-order valence-corrected chi connectivity index (χ2v) is 6.51. The van der Waals surface area contributed by atoms with Crippen molar-refractivity contribution in [2.75, 3.05) is 5.84 Å². The Morgan fingerprint density at radius 3 is 2.77 bits per heavy atom. The van der Waals surface area contributed by atoms with Gasteiger partial charge in [-0.15, -0.1) is 5.10 Å². The molecule has 0 fully saturated rings. The summed E-state index contributed by atoms with van der Waals surface area (Å²) in [7, 11) is 0. The molecule has 0 saturated heterocycles. The molecule has 0 spiro atoms. The fraction of sp³-hybridized carbons (Fsp3) is 0.118. The zero-order valence-electron chi connectivity index (χ0n) is 13.9. The number of nitrogens with two attached hydrogens (primary N) is 1. The molecule has 0 amide bonds. The maximum absolute atomic E-state index is 5.90. The minimum absolute atomic E-state index is 0.473. The van der Waals surface area contributed by atoms with E-state index in [0.29, 0.717) is 28.4 Å². The van der Waals surface area contributed by atoms with Crippen LogP contribution in [0.2, 0.25) is 0 Å². The highest BCUT2D eigenvalue weighted by Crippen LogP contribution is 2.24. The van der Waals surface area contributed by atoms with Crippen molar-refractivity contribution < 1.29 is 4.52 Å².